The average Bonchev–Trinajstić information content (AvgIpc) is 3.03. The number of hydrogen-bond acceptors (Lipinski definition) is 4. The molecule has 1 aliphatic rings. The third kappa shape index (κ3) is 2.88. The number of aromatic nitrogens is 2. The lowest BCUT2D eigenvalue weighted by Gasteiger charge is -2.26. The van der Waals surface area contributed by atoms with Gasteiger partial charge in [-0.25, -0.2) is 0 Å². The molecule has 1 amide bonds. The van der Waals surface area contributed by atoms with Gasteiger partial charge in [-0.1, -0.05) is 12.8 Å². The van der Waals surface area contributed by atoms with Crippen LogP contribution in [0.1, 0.15) is 43.1 Å². The Morgan fingerprint density at radius 1 is 1.58 bits per heavy atom. The molecule has 1 fully saturated rings. The Morgan fingerprint density at radius 2 is 2.26 bits per heavy atom. The fraction of sp³-hybridized carbons (Fsp3) is 0.692. The number of aryl methyl sites for hydroxylation is 1. The molecule has 3 N–H and O–H groups in total. The van der Waals surface area contributed by atoms with Crippen LogP contribution in [0.3, 0.4) is 0 Å². The number of nitrogens with zero attached hydrogens (tertiary/aromatic N) is 2. The molecule has 5 nitrogen and oxygen atoms in total. The van der Waals surface area contributed by atoms with Crippen molar-refractivity contribution in [2.75, 3.05) is 18.5 Å². The summed E-state index contributed by atoms with van der Waals surface area (Å²) >= 11 is 1.86. The minimum atomic E-state index is -0.114. The van der Waals surface area contributed by atoms with Gasteiger partial charge in [-0.2, -0.15) is 16.9 Å². The molecule has 2 rings (SSSR count). The van der Waals surface area contributed by atoms with E-state index in [2.05, 4.69) is 16.7 Å². The Kier molecular flexibility index (Phi) is 4.39. The number of carbonyl (C=O) groups is 1. The highest BCUT2D eigenvalue weighted by atomic mass is 32.2. The van der Waals surface area contributed by atoms with Crippen LogP contribution in [0.5, 0.6) is 0 Å². The normalized spacial score (nSPS) is 17.6. The van der Waals surface area contributed by atoms with Crippen molar-refractivity contribution in [1.29, 1.82) is 0 Å². The van der Waals surface area contributed by atoms with E-state index in [0.717, 1.165) is 0 Å². The molecule has 0 saturated heterocycles. The van der Waals surface area contributed by atoms with Gasteiger partial charge in [-0.15, -0.1) is 0 Å². The summed E-state index contributed by atoms with van der Waals surface area (Å²) in [6.45, 7) is 3.30. The molecule has 0 aromatic carbocycles. The van der Waals surface area contributed by atoms with Crippen LogP contribution in [0, 0.1) is 0 Å². The molecule has 0 bridgehead atoms. The largest absolute Gasteiger partial charge is 0.396 e. The second kappa shape index (κ2) is 5.86. The van der Waals surface area contributed by atoms with E-state index in [4.69, 9.17) is 5.73 Å². The fourth-order valence-corrected chi connectivity index (χ4v) is 3.60. The molecule has 0 unspecified atom stereocenters. The van der Waals surface area contributed by atoms with Crippen molar-refractivity contribution in [3.05, 3.63) is 11.9 Å². The molecule has 1 aliphatic carbocycles. The Bertz CT molecular complexity index is 451. The smallest absolute Gasteiger partial charge is 0.271 e. The third-order valence-electron chi connectivity index (χ3n) is 3.90. The van der Waals surface area contributed by atoms with E-state index >= 15 is 0 Å². The molecule has 6 heteroatoms. The lowest BCUT2D eigenvalue weighted by Crippen LogP contribution is -2.39. The van der Waals surface area contributed by atoms with Crippen LogP contribution in [0.15, 0.2) is 6.20 Å². The predicted octanol–water partition coefficient (Wildman–Crippen LogP) is 1.89. The Labute approximate surface area is 118 Å². The van der Waals surface area contributed by atoms with Gasteiger partial charge in [0.25, 0.3) is 5.91 Å². The molecule has 19 heavy (non-hydrogen) atoms. The van der Waals surface area contributed by atoms with Crippen LogP contribution in [0.4, 0.5) is 5.69 Å². The van der Waals surface area contributed by atoms with Crippen molar-refractivity contribution in [1.82, 2.24) is 15.1 Å². The molecular formula is C13H22N4OS. The molecule has 1 aromatic rings. The number of anilines is 1. The summed E-state index contributed by atoms with van der Waals surface area (Å²) in [4.78, 5) is 12.3. The highest BCUT2D eigenvalue weighted by Crippen LogP contribution is 2.39. The predicted molar refractivity (Wildman–Crippen MR) is 79.4 cm³/mol. The zero-order chi connectivity index (χ0) is 13.9. The number of hydrogen-bond donors (Lipinski definition) is 2. The fourth-order valence-electron chi connectivity index (χ4n) is 2.69. The summed E-state index contributed by atoms with van der Waals surface area (Å²) in [7, 11) is 0. The molecule has 0 radical (unpaired) electrons. The summed E-state index contributed by atoms with van der Waals surface area (Å²) in [5.41, 5.74) is 6.75. The van der Waals surface area contributed by atoms with E-state index in [-0.39, 0.29) is 10.7 Å². The molecule has 1 aromatic heterocycles. The van der Waals surface area contributed by atoms with Crippen molar-refractivity contribution in [2.45, 2.75) is 43.9 Å². The van der Waals surface area contributed by atoms with Crippen LogP contribution in [-0.2, 0) is 6.54 Å². The zero-order valence-corrected chi connectivity index (χ0v) is 12.4. The molecule has 0 spiro atoms. The van der Waals surface area contributed by atoms with E-state index in [1.54, 1.807) is 10.9 Å². The van der Waals surface area contributed by atoms with Gasteiger partial charge in [-0.05, 0) is 26.0 Å². The SMILES string of the molecule is CCn1ncc(N)c1C(=O)NCC1(SC)CCCC1. The summed E-state index contributed by atoms with van der Waals surface area (Å²) in [6.07, 6.45) is 8.53. The maximum Gasteiger partial charge on any atom is 0.271 e. The summed E-state index contributed by atoms with van der Waals surface area (Å²) in [5, 5.41) is 7.13. The number of rotatable bonds is 5. The minimum absolute atomic E-state index is 0.114. The van der Waals surface area contributed by atoms with Gasteiger partial charge in [0, 0.05) is 17.8 Å². The van der Waals surface area contributed by atoms with Gasteiger partial charge in [0.1, 0.15) is 5.69 Å². The van der Waals surface area contributed by atoms with Crippen molar-refractivity contribution in [2.24, 2.45) is 0 Å². The van der Waals surface area contributed by atoms with Gasteiger partial charge >= 0.3 is 0 Å². The van der Waals surface area contributed by atoms with E-state index in [1.807, 2.05) is 18.7 Å². The first-order chi connectivity index (χ1) is 9.12. The van der Waals surface area contributed by atoms with Crippen molar-refractivity contribution in [3.63, 3.8) is 0 Å². The lowest BCUT2D eigenvalue weighted by molar-refractivity contribution is 0.0940. The number of carbonyl (C=O) groups excluding carboxylic acids is 1. The number of nitrogen functional groups attached to an aromatic ring is 1. The number of amides is 1. The summed E-state index contributed by atoms with van der Waals surface area (Å²) in [5.74, 6) is -0.114. The van der Waals surface area contributed by atoms with Crippen molar-refractivity contribution in [3.8, 4) is 0 Å². The summed E-state index contributed by atoms with van der Waals surface area (Å²) < 4.78 is 1.85. The van der Waals surface area contributed by atoms with Gasteiger partial charge in [0.2, 0.25) is 0 Å². The van der Waals surface area contributed by atoms with Gasteiger partial charge in [0.05, 0.1) is 11.9 Å². The van der Waals surface area contributed by atoms with Crippen LogP contribution < -0.4 is 11.1 Å². The monoisotopic (exact) mass is 282 g/mol. The van der Waals surface area contributed by atoms with Crippen LogP contribution >= 0.6 is 11.8 Å². The summed E-state index contributed by atoms with van der Waals surface area (Å²) in [6, 6.07) is 0. The van der Waals surface area contributed by atoms with Crippen LogP contribution in [0.25, 0.3) is 0 Å². The zero-order valence-electron chi connectivity index (χ0n) is 11.6. The second-order valence-corrected chi connectivity index (χ2v) is 6.32. The highest BCUT2D eigenvalue weighted by molar-refractivity contribution is 8.00. The second-order valence-electron chi connectivity index (χ2n) is 5.04. The van der Waals surface area contributed by atoms with Crippen molar-refractivity contribution >= 4 is 23.4 Å². The van der Waals surface area contributed by atoms with E-state index in [1.165, 1.54) is 25.7 Å². The number of nitrogens with one attached hydrogen (secondary N) is 1. The number of thioether (sulfide) groups is 1. The Balaban J connectivity index is 2.03. The maximum atomic E-state index is 12.3. The standard InChI is InChI=1S/C13H22N4OS/c1-3-17-11(10(14)8-16-17)12(18)15-9-13(19-2)6-4-5-7-13/h8H,3-7,9,14H2,1-2H3,(H,15,18). The minimum Gasteiger partial charge on any atom is -0.396 e. The van der Waals surface area contributed by atoms with Gasteiger partial charge in [0.15, 0.2) is 0 Å². The molecular weight excluding hydrogens is 260 g/mol. The molecule has 1 saturated carbocycles. The quantitative estimate of drug-likeness (QED) is 0.865. The van der Waals surface area contributed by atoms with E-state index in [9.17, 15) is 4.79 Å². The molecule has 1 heterocycles. The first kappa shape index (κ1) is 14.2. The molecule has 0 atom stereocenters. The average molecular weight is 282 g/mol. The molecule has 0 aliphatic heterocycles. The highest BCUT2D eigenvalue weighted by Gasteiger charge is 2.33. The topological polar surface area (TPSA) is 72.9 Å². The van der Waals surface area contributed by atoms with Crippen LogP contribution in [0.2, 0.25) is 0 Å². The number of nitrogens with two attached hydrogens (primary N) is 1. The first-order valence-corrected chi connectivity index (χ1v) is 7.99. The Morgan fingerprint density at radius 3 is 2.84 bits per heavy atom. The van der Waals surface area contributed by atoms with Gasteiger partial charge in [-0.3, -0.25) is 9.48 Å². The third-order valence-corrected chi connectivity index (χ3v) is 5.32. The lowest BCUT2D eigenvalue weighted by atomic mass is 10.1. The Hall–Kier alpha value is -1.17. The maximum absolute atomic E-state index is 12.3. The first-order valence-electron chi connectivity index (χ1n) is 6.76. The van der Waals surface area contributed by atoms with Crippen molar-refractivity contribution < 1.29 is 4.79 Å². The van der Waals surface area contributed by atoms with Gasteiger partial charge < -0.3 is 11.1 Å². The van der Waals surface area contributed by atoms with E-state index in [0.29, 0.717) is 24.5 Å². The van der Waals surface area contributed by atoms with Crippen LogP contribution in [-0.4, -0.2) is 33.2 Å². The van der Waals surface area contributed by atoms with E-state index < -0.39 is 0 Å². The molecule has 106 valence electrons.